The summed E-state index contributed by atoms with van der Waals surface area (Å²) in [5.41, 5.74) is 2.13. The van der Waals surface area contributed by atoms with Crippen LogP contribution in [-0.2, 0) is 9.05 Å². The third kappa shape index (κ3) is 5.88. The van der Waals surface area contributed by atoms with Crippen LogP contribution in [0, 0.1) is 6.92 Å². The Hall–Kier alpha value is -0.240. The van der Waals surface area contributed by atoms with Crippen molar-refractivity contribution in [2.45, 2.75) is 39.8 Å². The lowest BCUT2D eigenvalue weighted by Gasteiger charge is -2.22. The topological polar surface area (TPSA) is 49.2 Å². The van der Waals surface area contributed by atoms with Crippen LogP contribution in [0.15, 0.2) is 11.2 Å². The maximum atomic E-state index is 13.4. The second kappa shape index (κ2) is 10.8. The van der Waals surface area contributed by atoms with E-state index in [1.807, 2.05) is 27.7 Å². The molecular formula is C15H24ClFN3O2PS2. The first-order valence-corrected chi connectivity index (χ1v) is 12.0. The van der Waals surface area contributed by atoms with E-state index in [2.05, 4.69) is 16.3 Å². The van der Waals surface area contributed by atoms with Crippen molar-refractivity contribution in [3.63, 3.8) is 0 Å². The summed E-state index contributed by atoms with van der Waals surface area (Å²) < 4.78 is 26.1. The van der Waals surface area contributed by atoms with Crippen molar-refractivity contribution in [3.8, 4) is 0 Å². The molecule has 10 heteroatoms. The lowest BCUT2D eigenvalue weighted by Crippen LogP contribution is -1.99. The van der Waals surface area contributed by atoms with Crippen LogP contribution in [0.2, 0.25) is 5.02 Å². The maximum Gasteiger partial charge on any atom is 0.183 e. The van der Waals surface area contributed by atoms with Crippen LogP contribution in [0.4, 0.5) is 3.89 Å². The Morgan fingerprint density at radius 3 is 2.40 bits per heavy atom. The molecule has 5 nitrogen and oxygen atoms in total. The molecule has 25 heavy (non-hydrogen) atoms. The lowest BCUT2D eigenvalue weighted by molar-refractivity contribution is 0.269. The second-order valence-corrected chi connectivity index (χ2v) is 9.32. The van der Waals surface area contributed by atoms with E-state index in [-0.39, 0.29) is 12.3 Å². The van der Waals surface area contributed by atoms with Crippen molar-refractivity contribution in [1.29, 1.82) is 0 Å². The summed E-state index contributed by atoms with van der Waals surface area (Å²) in [6, 6.07) is 1.67. The van der Waals surface area contributed by atoms with Crippen molar-refractivity contribution in [2.75, 3.05) is 18.7 Å². The highest BCUT2D eigenvalue weighted by Gasteiger charge is 2.20. The molecule has 0 N–H and O–H groups in total. The molecule has 0 saturated carbocycles. The van der Waals surface area contributed by atoms with Crippen LogP contribution in [0.1, 0.15) is 33.4 Å². The number of pyridine rings is 1. The molecule has 0 aromatic carbocycles. The molecule has 0 aliphatic heterocycles. The van der Waals surface area contributed by atoms with Crippen molar-refractivity contribution < 1.29 is 12.9 Å². The van der Waals surface area contributed by atoms with Crippen LogP contribution in [0.3, 0.4) is 0 Å². The smallest absolute Gasteiger partial charge is 0.183 e. The van der Waals surface area contributed by atoms with Crippen molar-refractivity contribution in [1.82, 2.24) is 13.9 Å². The first kappa shape index (κ1) is 22.8. The summed E-state index contributed by atoms with van der Waals surface area (Å²) in [4.78, 5) is 8.68. The number of imidazole rings is 1. The summed E-state index contributed by atoms with van der Waals surface area (Å²) in [5.74, 6) is 0. The highest BCUT2D eigenvalue weighted by molar-refractivity contribution is 8.06. The van der Waals surface area contributed by atoms with E-state index in [4.69, 9.17) is 20.6 Å². The van der Waals surface area contributed by atoms with E-state index in [0.717, 1.165) is 0 Å². The number of thioether (sulfide) groups is 1. The first-order valence-electron chi connectivity index (χ1n) is 7.93. The van der Waals surface area contributed by atoms with Gasteiger partial charge in [-0.05, 0) is 26.8 Å². The normalized spacial score (nSPS) is 11.5. The molecule has 0 fully saturated rings. The molecule has 0 atom stereocenters. The van der Waals surface area contributed by atoms with Gasteiger partial charge in [-0.3, -0.25) is 0 Å². The van der Waals surface area contributed by atoms with Gasteiger partial charge in [-0.1, -0.05) is 43.5 Å². The van der Waals surface area contributed by atoms with Crippen LogP contribution in [0.25, 0.3) is 11.2 Å². The highest BCUT2D eigenvalue weighted by atomic mass is 35.5. The van der Waals surface area contributed by atoms with Gasteiger partial charge in [-0.15, -0.1) is 3.89 Å². The van der Waals surface area contributed by atoms with Gasteiger partial charge in [0.25, 0.3) is 0 Å². The lowest BCUT2D eigenvalue weighted by atomic mass is 10.3. The summed E-state index contributed by atoms with van der Waals surface area (Å²) in [5, 5.41) is 0.959. The Morgan fingerprint density at radius 2 is 1.88 bits per heavy atom. The zero-order valence-corrected chi connectivity index (χ0v) is 18.4. The molecule has 0 aliphatic rings. The molecule has 0 aliphatic carbocycles. The van der Waals surface area contributed by atoms with Gasteiger partial charge in [0, 0.05) is 0 Å². The number of aromatic nitrogens is 3. The number of rotatable bonds is 8. The van der Waals surface area contributed by atoms with Gasteiger partial charge in [0.15, 0.2) is 23.1 Å². The Labute approximate surface area is 162 Å². The SMILES string of the molecule is C=P(CSc1nc2nc(C)c(Cl)cc2n1SF)(OCC)OCC.CC. The van der Waals surface area contributed by atoms with Crippen molar-refractivity contribution in [3.05, 3.63) is 16.8 Å². The fraction of sp³-hybridized carbons (Fsp3) is 0.533. The minimum atomic E-state index is -2.25. The van der Waals surface area contributed by atoms with E-state index in [1.54, 1.807) is 13.0 Å². The van der Waals surface area contributed by atoms with Gasteiger partial charge in [0.1, 0.15) is 12.9 Å². The van der Waals surface area contributed by atoms with Gasteiger partial charge >= 0.3 is 0 Å². The third-order valence-corrected chi connectivity index (χ3v) is 7.98. The Kier molecular flexibility index (Phi) is 9.85. The molecule has 2 heterocycles. The molecular weight excluding hydrogens is 404 g/mol. The van der Waals surface area contributed by atoms with E-state index in [9.17, 15) is 3.89 Å². The van der Waals surface area contributed by atoms with Crippen LogP contribution >= 0.6 is 43.0 Å². The zero-order valence-electron chi connectivity index (χ0n) is 15.1. The van der Waals surface area contributed by atoms with Crippen LogP contribution < -0.4 is 0 Å². The Balaban J connectivity index is 0.00000151. The number of fused-ring (bicyclic) bond motifs is 1. The van der Waals surface area contributed by atoms with Crippen LogP contribution in [-0.4, -0.2) is 38.9 Å². The van der Waals surface area contributed by atoms with E-state index in [1.165, 1.54) is 15.7 Å². The largest absolute Gasteiger partial charge is 0.337 e. The first-order chi connectivity index (χ1) is 11.9. The number of hydrogen-bond donors (Lipinski definition) is 0. The number of halogens is 2. The minimum absolute atomic E-state index is 0.0684. The highest BCUT2D eigenvalue weighted by Crippen LogP contribution is 2.51. The van der Waals surface area contributed by atoms with Gasteiger partial charge in [0.2, 0.25) is 0 Å². The molecule has 0 amide bonds. The molecule has 0 spiro atoms. The summed E-state index contributed by atoms with van der Waals surface area (Å²) in [6.07, 6.45) is 4.07. The van der Waals surface area contributed by atoms with Crippen LogP contribution in [0.5, 0.6) is 0 Å². The van der Waals surface area contributed by atoms with E-state index in [0.29, 0.717) is 45.7 Å². The second-order valence-electron chi connectivity index (χ2n) is 4.58. The van der Waals surface area contributed by atoms with Gasteiger partial charge in [0.05, 0.1) is 29.4 Å². The monoisotopic (exact) mass is 427 g/mol. The summed E-state index contributed by atoms with van der Waals surface area (Å²) >= 11 is 7.48. The molecule has 0 unspecified atom stereocenters. The molecule has 2 aromatic rings. The average Bonchev–Trinajstić information content (AvgIpc) is 2.92. The Bertz CT molecular complexity index is 735. The Morgan fingerprint density at radius 1 is 1.28 bits per heavy atom. The quantitative estimate of drug-likeness (QED) is 0.369. The maximum absolute atomic E-state index is 13.4. The van der Waals surface area contributed by atoms with Gasteiger partial charge < -0.3 is 9.05 Å². The average molecular weight is 428 g/mol. The van der Waals surface area contributed by atoms with Gasteiger partial charge in [-0.2, -0.15) is 0 Å². The van der Waals surface area contributed by atoms with Crippen molar-refractivity contribution >= 4 is 60.5 Å². The van der Waals surface area contributed by atoms with E-state index >= 15 is 0 Å². The predicted octanol–water partition coefficient (Wildman–Crippen LogP) is 6.20. The molecule has 0 bridgehead atoms. The molecule has 0 radical (unpaired) electrons. The zero-order chi connectivity index (χ0) is 19.0. The third-order valence-electron chi connectivity index (χ3n) is 2.89. The molecule has 0 saturated heterocycles. The standard InChI is InChI=1S/C13H18ClFN3O2PS2.C2H6/c1-5-19-21(4,20-6-2)8-22-13-17-12-11(18(13)23-15)7-10(14)9(3)16-12;1-2/h7H,4-6,8H2,1-3H3;1-2H3. The number of hydrogen-bond acceptors (Lipinski definition) is 6. The summed E-state index contributed by atoms with van der Waals surface area (Å²) in [7, 11) is -2.25. The molecule has 2 rings (SSSR count). The van der Waals surface area contributed by atoms with E-state index < -0.39 is 7.34 Å². The number of nitrogens with zero attached hydrogens (tertiary/aromatic N) is 3. The molecule has 2 aromatic heterocycles. The predicted molar refractivity (Wildman–Crippen MR) is 111 cm³/mol. The molecule has 142 valence electrons. The fourth-order valence-corrected chi connectivity index (χ4v) is 5.85. The number of aryl methyl sites for hydroxylation is 1. The fourth-order valence-electron chi connectivity index (χ4n) is 1.93. The van der Waals surface area contributed by atoms with Crippen molar-refractivity contribution in [2.24, 2.45) is 0 Å². The summed E-state index contributed by atoms with van der Waals surface area (Å²) in [6.45, 7) is 10.6. The van der Waals surface area contributed by atoms with Gasteiger partial charge in [-0.25, -0.2) is 13.9 Å². The minimum Gasteiger partial charge on any atom is -0.337 e.